The van der Waals surface area contributed by atoms with E-state index in [4.69, 9.17) is 4.74 Å². The van der Waals surface area contributed by atoms with Crippen molar-refractivity contribution in [3.63, 3.8) is 0 Å². The Morgan fingerprint density at radius 2 is 1.76 bits per heavy atom. The summed E-state index contributed by atoms with van der Waals surface area (Å²) in [7, 11) is 0. The van der Waals surface area contributed by atoms with Gasteiger partial charge in [-0.2, -0.15) is 0 Å². The summed E-state index contributed by atoms with van der Waals surface area (Å²) in [5.74, 6) is 0.0636. The second-order valence-electron chi connectivity index (χ2n) is 9.49. The summed E-state index contributed by atoms with van der Waals surface area (Å²) >= 11 is 1.36. The van der Waals surface area contributed by atoms with Gasteiger partial charge in [0.25, 0.3) is 5.91 Å². The lowest BCUT2D eigenvalue weighted by molar-refractivity contribution is -0.131. The molecule has 0 N–H and O–H groups in total. The molecule has 3 heterocycles. The Morgan fingerprint density at radius 3 is 2.47 bits per heavy atom. The monoisotopic (exact) mass is 536 g/mol. The number of fused-ring (bicyclic) bond motifs is 1. The molecule has 10 heteroatoms. The molecule has 1 aromatic heterocycles. The second-order valence-corrected chi connectivity index (χ2v) is 10.4. The molecule has 5 rings (SSSR count). The predicted octanol–water partition coefficient (Wildman–Crippen LogP) is 3.66. The summed E-state index contributed by atoms with van der Waals surface area (Å²) in [6.07, 6.45) is 0.708. The Hall–Kier alpha value is -3.79. The number of halogens is 1. The van der Waals surface area contributed by atoms with E-state index in [0.717, 1.165) is 11.1 Å². The molecule has 198 valence electrons. The van der Waals surface area contributed by atoms with E-state index in [1.165, 1.54) is 37.3 Å². The van der Waals surface area contributed by atoms with Crippen LogP contribution >= 0.6 is 11.3 Å². The molecular formula is C28H29FN4O4S. The first kappa shape index (κ1) is 25.8. The minimum Gasteiger partial charge on any atom is -0.486 e. The third-order valence-corrected chi connectivity index (χ3v) is 7.88. The summed E-state index contributed by atoms with van der Waals surface area (Å²) in [4.78, 5) is 46.5. The van der Waals surface area contributed by atoms with Gasteiger partial charge < -0.3 is 19.4 Å². The van der Waals surface area contributed by atoms with Crippen molar-refractivity contribution >= 4 is 29.1 Å². The number of benzene rings is 2. The summed E-state index contributed by atoms with van der Waals surface area (Å²) in [5.41, 5.74) is 3.09. The topological polar surface area (TPSA) is 83.1 Å². The van der Waals surface area contributed by atoms with Gasteiger partial charge in [0.1, 0.15) is 28.9 Å². The summed E-state index contributed by atoms with van der Waals surface area (Å²) in [6, 6.07) is 11.7. The Balaban J connectivity index is 1.29. The van der Waals surface area contributed by atoms with E-state index >= 15 is 0 Å². The highest BCUT2D eigenvalue weighted by Gasteiger charge is 2.31. The van der Waals surface area contributed by atoms with Gasteiger partial charge >= 0.3 is 0 Å². The molecule has 8 nitrogen and oxygen atoms in total. The Bertz CT molecular complexity index is 1370. The lowest BCUT2D eigenvalue weighted by Gasteiger charge is -2.37. The van der Waals surface area contributed by atoms with Gasteiger partial charge in [-0.05, 0) is 47.4 Å². The molecule has 0 spiro atoms. The first-order valence-electron chi connectivity index (χ1n) is 12.6. The van der Waals surface area contributed by atoms with Crippen LogP contribution in [0.1, 0.15) is 52.1 Å². The minimum atomic E-state index is -0.400. The van der Waals surface area contributed by atoms with Crippen LogP contribution < -0.4 is 4.74 Å². The molecule has 38 heavy (non-hydrogen) atoms. The van der Waals surface area contributed by atoms with E-state index in [0.29, 0.717) is 61.2 Å². The SMILES string of the molecule is CC(=O)N1CCN(C(=O)c2csc(COc3ccc4c(c3)C(c3cccc(F)c3)N(C(C)=O)CC4)n2)CC1. The molecule has 1 saturated heterocycles. The molecule has 1 unspecified atom stereocenters. The van der Waals surface area contributed by atoms with Crippen LogP contribution in [0, 0.1) is 5.82 Å². The first-order chi connectivity index (χ1) is 18.3. The number of hydrogen-bond acceptors (Lipinski definition) is 6. The third kappa shape index (κ3) is 5.40. The van der Waals surface area contributed by atoms with E-state index < -0.39 is 6.04 Å². The molecule has 0 saturated carbocycles. The fraction of sp³-hybridized carbons (Fsp3) is 0.357. The van der Waals surface area contributed by atoms with Gasteiger partial charge in [-0.3, -0.25) is 14.4 Å². The molecule has 1 atom stereocenters. The Morgan fingerprint density at radius 1 is 1.00 bits per heavy atom. The summed E-state index contributed by atoms with van der Waals surface area (Å²) < 4.78 is 20.1. The number of nitrogens with zero attached hydrogens (tertiary/aromatic N) is 4. The van der Waals surface area contributed by atoms with Gasteiger partial charge in [0.2, 0.25) is 11.8 Å². The van der Waals surface area contributed by atoms with E-state index in [-0.39, 0.29) is 30.1 Å². The van der Waals surface area contributed by atoms with Crippen LogP contribution in [0.2, 0.25) is 0 Å². The maximum Gasteiger partial charge on any atom is 0.273 e. The first-order valence-corrected chi connectivity index (χ1v) is 13.5. The van der Waals surface area contributed by atoms with Crippen LogP contribution in [0.15, 0.2) is 47.8 Å². The van der Waals surface area contributed by atoms with Crippen LogP contribution in [0.3, 0.4) is 0 Å². The molecule has 0 radical (unpaired) electrons. The highest BCUT2D eigenvalue weighted by Crippen LogP contribution is 2.37. The smallest absolute Gasteiger partial charge is 0.273 e. The molecule has 3 aromatic rings. The number of ether oxygens (including phenoxy) is 1. The number of rotatable bonds is 5. The zero-order valence-corrected chi connectivity index (χ0v) is 22.2. The summed E-state index contributed by atoms with van der Waals surface area (Å²) in [6.45, 7) is 5.84. The molecule has 0 bridgehead atoms. The zero-order chi connectivity index (χ0) is 26.8. The quantitative estimate of drug-likeness (QED) is 0.497. The van der Waals surface area contributed by atoms with E-state index in [1.54, 1.807) is 26.1 Å². The number of carbonyl (C=O) groups excluding carboxylic acids is 3. The number of hydrogen-bond donors (Lipinski definition) is 0. The van der Waals surface area contributed by atoms with Crippen LogP contribution in [0.4, 0.5) is 4.39 Å². The fourth-order valence-electron chi connectivity index (χ4n) is 5.07. The van der Waals surface area contributed by atoms with Crippen LogP contribution in [-0.2, 0) is 22.6 Å². The Kier molecular flexibility index (Phi) is 7.42. The van der Waals surface area contributed by atoms with Crippen molar-refractivity contribution in [2.45, 2.75) is 32.9 Å². The molecule has 3 amide bonds. The number of aromatic nitrogens is 1. The lowest BCUT2D eigenvalue weighted by atomic mass is 9.88. The van der Waals surface area contributed by atoms with Gasteiger partial charge in [-0.1, -0.05) is 18.2 Å². The van der Waals surface area contributed by atoms with Gasteiger partial charge in [0.05, 0.1) is 6.04 Å². The molecule has 2 aromatic carbocycles. The van der Waals surface area contributed by atoms with E-state index in [1.807, 2.05) is 24.3 Å². The fourth-order valence-corrected chi connectivity index (χ4v) is 5.74. The third-order valence-electron chi connectivity index (χ3n) is 7.06. The molecule has 2 aliphatic rings. The average molecular weight is 537 g/mol. The van der Waals surface area contributed by atoms with E-state index in [9.17, 15) is 18.8 Å². The normalized spacial score (nSPS) is 17.2. The van der Waals surface area contributed by atoms with Crippen molar-refractivity contribution in [3.05, 3.63) is 81.1 Å². The molecule has 0 aliphatic carbocycles. The average Bonchev–Trinajstić information content (AvgIpc) is 3.39. The van der Waals surface area contributed by atoms with Crippen LogP contribution in [0.5, 0.6) is 5.75 Å². The van der Waals surface area contributed by atoms with Crippen molar-refractivity contribution < 1.29 is 23.5 Å². The number of amides is 3. The molecule has 2 aliphatic heterocycles. The van der Waals surface area contributed by atoms with Crippen molar-refractivity contribution in [2.75, 3.05) is 32.7 Å². The highest BCUT2D eigenvalue weighted by atomic mass is 32.1. The van der Waals surface area contributed by atoms with Gasteiger partial charge in [0, 0.05) is 52.0 Å². The number of carbonyl (C=O) groups is 3. The maximum atomic E-state index is 14.1. The number of thiazole rings is 1. The van der Waals surface area contributed by atoms with Gasteiger partial charge in [-0.15, -0.1) is 11.3 Å². The predicted molar refractivity (Wildman–Crippen MR) is 140 cm³/mol. The minimum absolute atomic E-state index is 0.0172. The standard InChI is InChI=1S/C28H29FN4O4S/c1-18(34)31-10-12-32(13-11-31)28(36)25-17-38-26(30-25)16-37-23-7-6-20-8-9-33(19(2)35)27(24(20)15-23)21-4-3-5-22(29)14-21/h3-7,14-15,17,27H,8-13,16H2,1-2H3. The maximum absolute atomic E-state index is 14.1. The zero-order valence-electron chi connectivity index (χ0n) is 21.4. The highest BCUT2D eigenvalue weighted by molar-refractivity contribution is 7.09. The van der Waals surface area contributed by atoms with Crippen molar-refractivity contribution in [3.8, 4) is 5.75 Å². The lowest BCUT2D eigenvalue weighted by Crippen LogP contribution is -2.50. The molecular weight excluding hydrogens is 507 g/mol. The van der Waals surface area contributed by atoms with Gasteiger partial charge in [0.15, 0.2) is 0 Å². The molecule has 1 fully saturated rings. The Labute approximate surface area is 224 Å². The summed E-state index contributed by atoms with van der Waals surface area (Å²) in [5, 5.41) is 2.40. The van der Waals surface area contributed by atoms with Crippen molar-refractivity contribution in [1.82, 2.24) is 19.7 Å². The van der Waals surface area contributed by atoms with Crippen molar-refractivity contribution in [2.24, 2.45) is 0 Å². The number of piperazine rings is 1. The van der Waals surface area contributed by atoms with Crippen molar-refractivity contribution in [1.29, 1.82) is 0 Å². The second kappa shape index (κ2) is 10.9. The largest absolute Gasteiger partial charge is 0.486 e. The van der Waals surface area contributed by atoms with Crippen LogP contribution in [-0.4, -0.2) is 70.1 Å². The van der Waals surface area contributed by atoms with Gasteiger partial charge in [-0.25, -0.2) is 9.37 Å². The van der Waals surface area contributed by atoms with Crippen LogP contribution in [0.25, 0.3) is 0 Å². The van der Waals surface area contributed by atoms with E-state index in [2.05, 4.69) is 4.98 Å².